The highest BCUT2D eigenvalue weighted by Crippen LogP contribution is 2.28. The summed E-state index contributed by atoms with van der Waals surface area (Å²) in [4.78, 5) is 15.3. The first-order valence-corrected chi connectivity index (χ1v) is 10.8. The molecule has 4 aromatic rings. The molecule has 1 fully saturated rings. The van der Waals surface area contributed by atoms with E-state index in [4.69, 9.17) is 4.74 Å². The molecule has 1 N–H and O–H groups in total. The number of anilines is 1. The zero-order valence-electron chi connectivity index (χ0n) is 17.9. The molecule has 7 heteroatoms. The van der Waals surface area contributed by atoms with E-state index in [1.807, 2.05) is 40.9 Å². The molecule has 0 aliphatic carbocycles. The molecule has 1 amide bonds. The monoisotopic (exact) mass is 427 g/mol. The zero-order chi connectivity index (χ0) is 21.9. The first-order valence-electron chi connectivity index (χ1n) is 10.8. The molecule has 5 rings (SSSR count). The van der Waals surface area contributed by atoms with Gasteiger partial charge < -0.3 is 10.1 Å². The van der Waals surface area contributed by atoms with Crippen LogP contribution in [0.2, 0.25) is 0 Å². The number of methoxy groups -OCH3 is 1. The predicted octanol–water partition coefficient (Wildman–Crippen LogP) is 3.98. The number of pyridine rings is 1. The van der Waals surface area contributed by atoms with Gasteiger partial charge >= 0.3 is 0 Å². The topological polar surface area (TPSA) is 71.8 Å². The van der Waals surface area contributed by atoms with E-state index < -0.39 is 0 Å². The Balaban J connectivity index is 1.33. The van der Waals surface area contributed by atoms with Gasteiger partial charge in [-0.2, -0.15) is 0 Å². The van der Waals surface area contributed by atoms with Crippen LogP contribution in [0.5, 0.6) is 5.75 Å². The normalized spacial score (nSPS) is 16.3. The Morgan fingerprint density at radius 2 is 1.97 bits per heavy atom. The number of carbonyl (C=O) groups is 1. The summed E-state index contributed by atoms with van der Waals surface area (Å²) >= 11 is 0. The minimum absolute atomic E-state index is 0.183. The lowest BCUT2D eigenvalue weighted by atomic mass is 10.1. The average molecular weight is 428 g/mol. The standard InChI is InChI=1S/C25H25N5O2/c1-32-22-9-5-8-21(14-22)26-25(31)20-10-11-23-27-28-24(30(23)17-20)19-12-13-29(16-19)15-18-6-3-2-4-7-18/h2-11,14,17,19H,12-13,15-16H2,1H3,(H,26,31)/t19-/m0/s1. The van der Waals surface area contributed by atoms with Gasteiger partial charge in [0.1, 0.15) is 11.6 Å². The molecule has 1 atom stereocenters. The number of hydrogen-bond acceptors (Lipinski definition) is 5. The molecule has 0 spiro atoms. The number of nitrogens with zero attached hydrogens (tertiary/aromatic N) is 4. The number of ether oxygens (including phenoxy) is 1. The van der Waals surface area contributed by atoms with Crippen molar-refractivity contribution >= 4 is 17.2 Å². The third-order valence-corrected chi connectivity index (χ3v) is 5.91. The lowest BCUT2D eigenvalue weighted by molar-refractivity contribution is 0.102. The van der Waals surface area contributed by atoms with Crippen molar-refractivity contribution in [3.8, 4) is 5.75 Å². The Bertz CT molecular complexity index is 1240. The van der Waals surface area contributed by atoms with Crippen LogP contribution in [0.4, 0.5) is 5.69 Å². The Kier molecular flexibility index (Phi) is 5.56. The maximum atomic E-state index is 12.9. The van der Waals surface area contributed by atoms with Crippen LogP contribution in [0, 0.1) is 0 Å². The largest absolute Gasteiger partial charge is 0.497 e. The van der Waals surface area contributed by atoms with E-state index >= 15 is 0 Å². The third-order valence-electron chi connectivity index (χ3n) is 5.91. The Morgan fingerprint density at radius 1 is 1.09 bits per heavy atom. The van der Waals surface area contributed by atoms with Gasteiger partial charge in [0.2, 0.25) is 0 Å². The fourth-order valence-corrected chi connectivity index (χ4v) is 4.25. The number of nitrogens with one attached hydrogen (secondary N) is 1. The highest BCUT2D eigenvalue weighted by molar-refractivity contribution is 6.04. The molecule has 32 heavy (non-hydrogen) atoms. The van der Waals surface area contributed by atoms with Crippen LogP contribution in [-0.2, 0) is 6.54 Å². The van der Waals surface area contributed by atoms with Gasteiger partial charge in [-0.05, 0) is 42.8 Å². The van der Waals surface area contributed by atoms with Gasteiger partial charge in [0.25, 0.3) is 5.91 Å². The Morgan fingerprint density at radius 3 is 2.81 bits per heavy atom. The van der Waals surface area contributed by atoms with Gasteiger partial charge in [0, 0.05) is 37.0 Å². The minimum Gasteiger partial charge on any atom is -0.497 e. The van der Waals surface area contributed by atoms with Gasteiger partial charge in [-0.1, -0.05) is 36.4 Å². The summed E-state index contributed by atoms with van der Waals surface area (Å²) in [6.45, 7) is 2.88. The molecule has 2 aromatic heterocycles. The van der Waals surface area contributed by atoms with Crippen molar-refractivity contribution in [1.29, 1.82) is 0 Å². The quantitative estimate of drug-likeness (QED) is 0.504. The fourth-order valence-electron chi connectivity index (χ4n) is 4.25. The summed E-state index contributed by atoms with van der Waals surface area (Å²) in [5.74, 6) is 1.70. The van der Waals surface area contributed by atoms with E-state index in [9.17, 15) is 4.79 Å². The zero-order valence-corrected chi connectivity index (χ0v) is 17.9. The number of amides is 1. The smallest absolute Gasteiger partial charge is 0.257 e. The Labute approximate surface area is 186 Å². The molecule has 1 saturated heterocycles. The number of benzene rings is 2. The molecule has 162 valence electrons. The van der Waals surface area contributed by atoms with Crippen LogP contribution in [0.3, 0.4) is 0 Å². The number of aromatic nitrogens is 3. The lowest BCUT2D eigenvalue weighted by Crippen LogP contribution is -2.20. The average Bonchev–Trinajstić information content (AvgIpc) is 3.46. The summed E-state index contributed by atoms with van der Waals surface area (Å²) in [6.07, 6.45) is 2.86. The van der Waals surface area contributed by atoms with Crippen molar-refractivity contribution in [2.24, 2.45) is 0 Å². The van der Waals surface area contributed by atoms with Crippen LogP contribution >= 0.6 is 0 Å². The van der Waals surface area contributed by atoms with E-state index in [1.54, 1.807) is 19.2 Å². The molecule has 1 aliphatic rings. The molecular weight excluding hydrogens is 402 g/mol. The van der Waals surface area contributed by atoms with Crippen molar-refractivity contribution in [3.63, 3.8) is 0 Å². The van der Waals surface area contributed by atoms with E-state index in [2.05, 4.69) is 44.7 Å². The highest BCUT2D eigenvalue weighted by atomic mass is 16.5. The summed E-state index contributed by atoms with van der Waals surface area (Å²) in [6, 6.07) is 21.4. The molecular formula is C25H25N5O2. The molecule has 0 saturated carbocycles. The Hall–Kier alpha value is -3.71. The van der Waals surface area contributed by atoms with Gasteiger partial charge in [0.15, 0.2) is 5.65 Å². The third kappa shape index (κ3) is 4.20. The van der Waals surface area contributed by atoms with Crippen LogP contribution in [0.15, 0.2) is 72.9 Å². The van der Waals surface area contributed by atoms with Gasteiger partial charge in [-0.15, -0.1) is 10.2 Å². The van der Waals surface area contributed by atoms with Crippen LogP contribution in [-0.4, -0.2) is 45.6 Å². The van der Waals surface area contributed by atoms with E-state index in [1.165, 1.54) is 5.56 Å². The maximum Gasteiger partial charge on any atom is 0.257 e. The lowest BCUT2D eigenvalue weighted by Gasteiger charge is -2.15. The van der Waals surface area contributed by atoms with E-state index in [0.717, 1.165) is 37.5 Å². The number of rotatable bonds is 6. The van der Waals surface area contributed by atoms with Crippen LogP contribution in [0.25, 0.3) is 5.65 Å². The van der Waals surface area contributed by atoms with Gasteiger partial charge in [0.05, 0.1) is 12.7 Å². The summed E-state index contributed by atoms with van der Waals surface area (Å²) in [5, 5.41) is 11.7. The molecule has 0 bridgehead atoms. The predicted molar refractivity (Wildman–Crippen MR) is 123 cm³/mol. The van der Waals surface area contributed by atoms with Crippen molar-refractivity contribution in [1.82, 2.24) is 19.5 Å². The SMILES string of the molecule is COc1cccc(NC(=O)c2ccc3nnc([C@H]4CCN(Cc5ccccc5)C4)n3c2)c1. The molecule has 1 aliphatic heterocycles. The molecule has 3 heterocycles. The molecule has 7 nitrogen and oxygen atoms in total. The van der Waals surface area contributed by atoms with Gasteiger partial charge in [-0.25, -0.2) is 0 Å². The first-order chi connectivity index (χ1) is 15.7. The molecule has 0 radical (unpaired) electrons. The van der Waals surface area contributed by atoms with Crippen molar-refractivity contribution in [2.75, 3.05) is 25.5 Å². The maximum absolute atomic E-state index is 12.9. The second-order valence-electron chi connectivity index (χ2n) is 8.10. The summed E-state index contributed by atoms with van der Waals surface area (Å²) in [5.41, 5.74) is 3.31. The summed E-state index contributed by atoms with van der Waals surface area (Å²) in [7, 11) is 1.60. The molecule has 0 unspecified atom stereocenters. The number of likely N-dealkylation sites (tertiary alicyclic amines) is 1. The number of hydrogen-bond donors (Lipinski definition) is 1. The summed E-state index contributed by atoms with van der Waals surface area (Å²) < 4.78 is 7.19. The second-order valence-corrected chi connectivity index (χ2v) is 8.10. The number of fused-ring (bicyclic) bond motifs is 1. The first kappa shape index (κ1) is 20.2. The number of carbonyl (C=O) groups excluding carboxylic acids is 1. The van der Waals surface area contributed by atoms with Crippen LogP contribution in [0.1, 0.15) is 34.1 Å². The van der Waals surface area contributed by atoms with Gasteiger partial charge in [-0.3, -0.25) is 14.1 Å². The highest BCUT2D eigenvalue weighted by Gasteiger charge is 2.27. The van der Waals surface area contributed by atoms with E-state index in [-0.39, 0.29) is 11.8 Å². The van der Waals surface area contributed by atoms with Crippen LogP contribution < -0.4 is 10.1 Å². The fraction of sp³-hybridized carbons (Fsp3) is 0.240. The minimum atomic E-state index is -0.183. The van der Waals surface area contributed by atoms with Crippen molar-refractivity contribution in [2.45, 2.75) is 18.9 Å². The van der Waals surface area contributed by atoms with Crippen molar-refractivity contribution in [3.05, 3.63) is 89.9 Å². The van der Waals surface area contributed by atoms with Crippen molar-refractivity contribution < 1.29 is 9.53 Å². The molecule has 2 aromatic carbocycles. The second kappa shape index (κ2) is 8.80. The van der Waals surface area contributed by atoms with E-state index in [0.29, 0.717) is 17.0 Å².